The number of benzene rings is 2. The SMILES string of the molecule is CCc1ccc(N2C(=O)NC3CC2(C)Oc2ccc(Br)cc23)cc1. The lowest BCUT2D eigenvalue weighted by Crippen LogP contribution is -2.65. The Kier molecular flexibility index (Phi) is 3.57. The predicted octanol–water partition coefficient (Wildman–Crippen LogP) is 4.78. The number of ether oxygens (including phenoxy) is 1. The molecule has 0 spiro atoms. The van der Waals surface area contributed by atoms with E-state index in [1.165, 1.54) is 5.56 Å². The van der Waals surface area contributed by atoms with E-state index in [9.17, 15) is 4.79 Å². The molecule has 2 unspecified atom stereocenters. The van der Waals surface area contributed by atoms with Crippen LogP contribution < -0.4 is 15.0 Å². The number of nitrogens with one attached hydrogen (secondary N) is 1. The molecule has 0 aliphatic carbocycles. The molecule has 1 fully saturated rings. The zero-order valence-corrected chi connectivity index (χ0v) is 15.3. The highest BCUT2D eigenvalue weighted by atomic mass is 79.9. The Bertz CT molecular complexity index is 806. The van der Waals surface area contributed by atoms with E-state index in [-0.39, 0.29) is 12.1 Å². The number of amides is 2. The Hall–Kier alpha value is -2.01. The van der Waals surface area contributed by atoms with E-state index in [4.69, 9.17) is 4.74 Å². The molecule has 0 saturated carbocycles. The molecule has 2 heterocycles. The molecule has 2 atom stereocenters. The fourth-order valence-corrected chi connectivity index (χ4v) is 4.00. The standard InChI is InChI=1S/C19H19BrN2O2/c1-3-12-4-7-14(8-5-12)22-18(23)21-16-11-19(22,2)24-17-9-6-13(20)10-15(16)17/h4-10,16H,3,11H2,1-2H3,(H,21,23). The molecular formula is C19H19BrN2O2. The maximum atomic E-state index is 12.8. The van der Waals surface area contributed by atoms with Gasteiger partial charge in [0.1, 0.15) is 5.75 Å². The lowest BCUT2D eigenvalue weighted by molar-refractivity contribution is 0.0378. The van der Waals surface area contributed by atoms with Crippen LogP contribution in [0.3, 0.4) is 0 Å². The van der Waals surface area contributed by atoms with Crippen LogP contribution in [0.25, 0.3) is 0 Å². The van der Waals surface area contributed by atoms with E-state index in [1.54, 1.807) is 4.90 Å². The Morgan fingerprint density at radius 3 is 2.75 bits per heavy atom. The van der Waals surface area contributed by atoms with Gasteiger partial charge in [-0.3, -0.25) is 4.90 Å². The van der Waals surface area contributed by atoms with Crippen LogP contribution in [0.4, 0.5) is 10.5 Å². The van der Waals surface area contributed by atoms with Crippen molar-refractivity contribution in [3.63, 3.8) is 0 Å². The van der Waals surface area contributed by atoms with Crippen LogP contribution >= 0.6 is 15.9 Å². The van der Waals surface area contributed by atoms with E-state index in [2.05, 4.69) is 40.3 Å². The van der Waals surface area contributed by atoms with Gasteiger partial charge in [0.25, 0.3) is 0 Å². The van der Waals surface area contributed by atoms with Crippen molar-refractivity contribution < 1.29 is 9.53 Å². The van der Waals surface area contributed by atoms with Gasteiger partial charge in [-0.25, -0.2) is 4.79 Å². The molecule has 1 saturated heterocycles. The van der Waals surface area contributed by atoms with Gasteiger partial charge in [-0.05, 0) is 49.2 Å². The number of halogens is 1. The molecule has 124 valence electrons. The third-order valence-corrected chi connectivity index (χ3v) is 5.33. The molecule has 0 radical (unpaired) electrons. The number of hydrogen-bond donors (Lipinski definition) is 1. The number of carbonyl (C=O) groups excluding carboxylic acids is 1. The second-order valence-corrected chi connectivity index (χ2v) is 7.44. The van der Waals surface area contributed by atoms with Crippen LogP contribution in [-0.2, 0) is 6.42 Å². The summed E-state index contributed by atoms with van der Waals surface area (Å²) < 4.78 is 7.27. The van der Waals surface area contributed by atoms with Crippen molar-refractivity contribution in [1.82, 2.24) is 5.32 Å². The van der Waals surface area contributed by atoms with Crippen LogP contribution in [0.2, 0.25) is 0 Å². The predicted molar refractivity (Wildman–Crippen MR) is 97.4 cm³/mol. The van der Waals surface area contributed by atoms with Gasteiger partial charge in [-0.15, -0.1) is 0 Å². The average Bonchev–Trinajstić information content (AvgIpc) is 2.55. The summed E-state index contributed by atoms with van der Waals surface area (Å²) in [7, 11) is 0. The van der Waals surface area contributed by atoms with Gasteiger partial charge in [-0.1, -0.05) is 35.0 Å². The highest BCUT2D eigenvalue weighted by molar-refractivity contribution is 9.10. The minimum atomic E-state index is -0.693. The van der Waals surface area contributed by atoms with E-state index in [0.717, 1.165) is 27.9 Å². The van der Waals surface area contributed by atoms with Crippen molar-refractivity contribution in [2.45, 2.75) is 38.5 Å². The summed E-state index contributed by atoms with van der Waals surface area (Å²) in [6, 6.07) is 13.9. The summed E-state index contributed by atoms with van der Waals surface area (Å²) >= 11 is 3.49. The summed E-state index contributed by atoms with van der Waals surface area (Å²) in [4.78, 5) is 14.5. The molecule has 2 aromatic rings. The average molecular weight is 387 g/mol. The molecule has 2 bridgehead atoms. The van der Waals surface area contributed by atoms with Gasteiger partial charge < -0.3 is 10.1 Å². The summed E-state index contributed by atoms with van der Waals surface area (Å²) in [5.41, 5.74) is 2.43. The highest BCUT2D eigenvalue weighted by Gasteiger charge is 2.49. The number of urea groups is 1. The molecule has 24 heavy (non-hydrogen) atoms. The van der Waals surface area contributed by atoms with Crippen LogP contribution in [0.1, 0.15) is 37.4 Å². The summed E-state index contributed by atoms with van der Waals surface area (Å²) in [6.07, 6.45) is 1.68. The largest absolute Gasteiger partial charge is 0.467 e. The lowest BCUT2D eigenvalue weighted by atomic mass is 9.90. The number of rotatable bonds is 2. The Morgan fingerprint density at radius 1 is 1.29 bits per heavy atom. The molecule has 2 aliphatic heterocycles. The fraction of sp³-hybridized carbons (Fsp3) is 0.316. The number of aryl methyl sites for hydroxylation is 1. The van der Waals surface area contributed by atoms with Gasteiger partial charge in [0.05, 0.1) is 6.04 Å². The monoisotopic (exact) mass is 386 g/mol. The zero-order chi connectivity index (χ0) is 16.9. The fourth-order valence-electron chi connectivity index (χ4n) is 3.62. The Morgan fingerprint density at radius 2 is 2.04 bits per heavy atom. The molecule has 2 aliphatic rings. The van der Waals surface area contributed by atoms with E-state index < -0.39 is 5.72 Å². The Balaban J connectivity index is 1.76. The van der Waals surface area contributed by atoms with Crippen LogP contribution in [0.5, 0.6) is 5.75 Å². The van der Waals surface area contributed by atoms with Crippen LogP contribution in [0.15, 0.2) is 46.9 Å². The van der Waals surface area contributed by atoms with Crippen LogP contribution in [-0.4, -0.2) is 11.8 Å². The van der Waals surface area contributed by atoms with E-state index in [0.29, 0.717) is 6.42 Å². The molecule has 4 rings (SSSR count). The first kappa shape index (κ1) is 15.5. The summed E-state index contributed by atoms with van der Waals surface area (Å²) in [5.74, 6) is 0.826. The first-order valence-electron chi connectivity index (χ1n) is 8.18. The van der Waals surface area contributed by atoms with E-state index >= 15 is 0 Å². The third kappa shape index (κ3) is 2.38. The van der Waals surface area contributed by atoms with Crippen molar-refractivity contribution in [3.05, 3.63) is 58.1 Å². The topological polar surface area (TPSA) is 41.6 Å². The van der Waals surface area contributed by atoms with Crippen molar-refractivity contribution in [3.8, 4) is 5.75 Å². The molecule has 1 N–H and O–H groups in total. The second-order valence-electron chi connectivity index (χ2n) is 6.52. The van der Waals surface area contributed by atoms with Gasteiger partial charge >= 0.3 is 6.03 Å². The van der Waals surface area contributed by atoms with Crippen LogP contribution in [0, 0.1) is 0 Å². The van der Waals surface area contributed by atoms with Gasteiger partial charge in [0.15, 0.2) is 5.72 Å². The highest BCUT2D eigenvalue weighted by Crippen LogP contribution is 2.46. The summed E-state index contributed by atoms with van der Waals surface area (Å²) in [6.45, 7) is 4.10. The van der Waals surface area contributed by atoms with Crippen molar-refractivity contribution in [2.75, 3.05) is 4.90 Å². The smallest absolute Gasteiger partial charge is 0.325 e. The first-order valence-corrected chi connectivity index (χ1v) is 8.97. The molecular weight excluding hydrogens is 368 g/mol. The number of carbonyl (C=O) groups is 1. The lowest BCUT2D eigenvalue weighted by Gasteiger charge is -2.50. The normalized spacial score (nSPS) is 24.9. The molecule has 2 amide bonds. The minimum Gasteiger partial charge on any atom is -0.467 e. The molecule has 4 nitrogen and oxygen atoms in total. The van der Waals surface area contributed by atoms with Crippen molar-refractivity contribution >= 4 is 27.6 Å². The van der Waals surface area contributed by atoms with Gasteiger partial charge in [0.2, 0.25) is 0 Å². The van der Waals surface area contributed by atoms with E-state index in [1.807, 2.05) is 37.3 Å². The number of hydrogen-bond acceptors (Lipinski definition) is 2. The molecule has 5 heteroatoms. The first-order chi connectivity index (χ1) is 11.5. The van der Waals surface area contributed by atoms with Gasteiger partial charge in [0, 0.05) is 22.1 Å². The van der Waals surface area contributed by atoms with Crippen molar-refractivity contribution in [1.29, 1.82) is 0 Å². The maximum absolute atomic E-state index is 12.8. The second kappa shape index (κ2) is 5.52. The zero-order valence-electron chi connectivity index (χ0n) is 13.7. The van der Waals surface area contributed by atoms with Crippen molar-refractivity contribution in [2.24, 2.45) is 0 Å². The molecule has 0 aromatic heterocycles. The molecule has 2 aromatic carbocycles. The number of nitrogens with zero attached hydrogens (tertiary/aromatic N) is 1. The number of fused-ring (bicyclic) bond motifs is 4. The quantitative estimate of drug-likeness (QED) is 0.806. The Labute approximate surface area is 149 Å². The minimum absolute atomic E-state index is 0.0325. The maximum Gasteiger partial charge on any atom is 0.325 e. The van der Waals surface area contributed by atoms with Gasteiger partial charge in [-0.2, -0.15) is 0 Å². The summed E-state index contributed by atoms with van der Waals surface area (Å²) in [5, 5.41) is 3.12. The number of anilines is 1. The third-order valence-electron chi connectivity index (χ3n) is 4.84.